The van der Waals surface area contributed by atoms with E-state index in [0.717, 1.165) is 25.2 Å². The second-order valence-corrected chi connectivity index (χ2v) is 8.12. The maximum atomic E-state index is 13.9. The van der Waals surface area contributed by atoms with E-state index in [9.17, 15) is 17.6 Å². The molecule has 1 aliphatic carbocycles. The lowest BCUT2D eigenvalue weighted by molar-refractivity contribution is 0.220. The van der Waals surface area contributed by atoms with Gasteiger partial charge in [0.25, 0.3) is 0 Å². The number of hydrogen-bond donors (Lipinski definition) is 2. The molecule has 1 aliphatic heterocycles. The lowest BCUT2D eigenvalue weighted by atomic mass is 9.86. The molecule has 1 aromatic rings. The number of sulfonamides is 1. The topological polar surface area (TPSA) is 78.5 Å². The SMILES string of the molecule is CS(=O)(=O)Nc1ccc(F)c(NC(=O)N2CC3CC=CCC3C2)c1. The van der Waals surface area contributed by atoms with Crippen LogP contribution in [0.1, 0.15) is 12.8 Å². The van der Waals surface area contributed by atoms with Crippen LogP contribution < -0.4 is 10.0 Å². The van der Waals surface area contributed by atoms with Crippen LogP contribution in [0.25, 0.3) is 0 Å². The first kappa shape index (κ1) is 16.8. The highest BCUT2D eigenvalue weighted by atomic mass is 32.2. The van der Waals surface area contributed by atoms with Gasteiger partial charge in [0.05, 0.1) is 17.6 Å². The van der Waals surface area contributed by atoms with E-state index in [1.807, 2.05) is 0 Å². The predicted molar refractivity (Wildman–Crippen MR) is 90.8 cm³/mol. The van der Waals surface area contributed by atoms with Gasteiger partial charge in [-0.25, -0.2) is 17.6 Å². The molecule has 6 nitrogen and oxygen atoms in total. The smallest absolute Gasteiger partial charge is 0.321 e. The maximum Gasteiger partial charge on any atom is 0.321 e. The zero-order valence-electron chi connectivity index (χ0n) is 13.3. The molecule has 1 fully saturated rings. The second-order valence-electron chi connectivity index (χ2n) is 6.37. The standard InChI is InChI=1S/C16H20FN3O3S/c1-24(22,23)19-13-6-7-14(17)15(8-13)18-16(21)20-9-11-4-2-3-5-12(11)10-20/h2-3,6-8,11-12,19H,4-5,9-10H2,1H3,(H,18,21). The molecule has 3 rings (SSSR count). The van der Waals surface area contributed by atoms with Crippen molar-refractivity contribution < 1.29 is 17.6 Å². The summed E-state index contributed by atoms with van der Waals surface area (Å²) < 4.78 is 38.7. The minimum absolute atomic E-state index is 0.0401. The summed E-state index contributed by atoms with van der Waals surface area (Å²) >= 11 is 0. The molecule has 1 heterocycles. The molecule has 130 valence electrons. The monoisotopic (exact) mass is 353 g/mol. The van der Waals surface area contributed by atoms with E-state index < -0.39 is 15.8 Å². The van der Waals surface area contributed by atoms with Crippen LogP contribution in [0.4, 0.5) is 20.6 Å². The Balaban J connectivity index is 1.69. The third-order valence-corrected chi connectivity index (χ3v) is 5.03. The average Bonchev–Trinajstić information content (AvgIpc) is 2.93. The molecule has 2 atom stereocenters. The second kappa shape index (κ2) is 6.43. The number of carbonyl (C=O) groups excluding carboxylic acids is 1. The van der Waals surface area contributed by atoms with Crippen molar-refractivity contribution in [2.75, 3.05) is 29.4 Å². The predicted octanol–water partition coefficient (Wildman–Crippen LogP) is 2.63. The summed E-state index contributed by atoms with van der Waals surface area (Å²) in [6, 6.07) is 3.34. The van der Waals surface area contributed by atoms with E-state index in [2.05, 4.69) is 22.2 Å². The molecule has 0 saturated carbocycles. The molecule has 0 bridgehead atoms. The number of amides is 2. The van der Waals surface area contributed by atoms with Crippen molar-refractivity contribution in [2.24, 2.45) is 11.8 Å². The normalized spacial score (nSPS) is 23.0. The van der Waals surface area contributed by atoms with Gasteiger partial charge in [-0.1, -0.05) is 12.2 Å². The van der Waals surface area contributed by atoms with E-state index in [1.54, 1.807) is 4.90 Å². The Morgan fingerprint density at radius 1 is 1.21 bits per heavy atom. The summed E-state index contributed by atoms with van der Waals surface area (Å²) in [5, 5.41) is 2.54. The minimum Gasteiger partial charge on any atom is -0.324 e. The quantitative estimate of drug-likeness (QED) is 0.820. The first-order chi connectivity index (χ1) is 11.3. The van der Waals surface area contributed by atoms with Gasteiger partial charge >= 0.3 is 6.03 Å². The molecule has 2 N–H and O–H groups in total. The fourth-order valence-corrected chi connectivity index (χ4v) is 3.83. The molecule has 8 heteroatoms. The van der Waals surface area contributed by atoms with Crippen molar-refractivity contribution in [1.29, 1.82) is 0 Å². The van der Waals surface area contributed by atoms with E-state index in [-0.39, 0.29) is 17.4 Å². The highest BCUT2D eigenvalue weighted by Gasteiger charge is 2.35. The lowest BCUT2D eigenvalue weighted by Gasteiger charge is -2.18. The number of nitrogens with zero attached hydrogens (tertiary/aromatic N) is 1. The molecule has 1 aromatic carbocycles. The Morgan fingerprint density at radius 3 is 2.42 bits per heavy atom. The summed E-state index contributed by atoms with van der Waals surface area (Å²) in [5.74, 6) is 0.313. The van der Waals surface area contributed by atoms with Crippen molar-refractivity contribution in [3.8, 4) is 0 Å². The Morgan fingerprint density at radius 2 is 1.83 bits per heavy atom. The molecule has 0 spiro atoms. The Labute approximate surface area is 140 Å². The average molecular weight is 353 g/mol. The number of fused-ring (bicyclic) bond motifs is 1. The number of halogens is 1. The van der Waals surface area contributed by atoms with Crippen LogP contribution in [-0.4, -0.2) is 38.7 Å². The van der Waals surface area contributed by atoms with Crippen molar-refractivity contribution in [2.45, 2.75) is 12.8 Å². The van der Waals surface area contributed by atoms with E-state index >= 15 is 0 Å². The maximum absolute atomic E-state index is 13.9. The molecular weight excluding hydrogens is 333 g/mol. The summed E-state index contributed by atoms with van der Waals surface area (Å²) in [5.41, 5.74) is 0.162. The fourth-order valence-electron chi connectivity index (χ4n) is 3.27. The van der Waals surface area contributed by atoms with Crippen LogP contribution >= 0.6 is 0 Å². The van der Waals surface area contributed by atoms with E-state index in [4.69, 9.17) is 0 Å². The Kier molecular flexibility index (Phi) is 4.49. The number of rotatable bonds is 3. The molecule has 24 heavy (non-hydrogen) atoms. The minimum atomic E-state index is -3.47. The van der Waals surface area contributed by atoms with Crippen LogP contribution in [-0.2, 0) is 10.0 Å². The van der Waals surface area contributed by atoms with Gasteiger partial charge in [0.15, 0.2) is 0 Å². The number of nitrogens with one attached hydrogen (secondary N) is 2. The van der Waals surface area contributed by atoms with Gasteiger partial charge in [-0.2, -0.15) is 0 Å². The molecule has 2 aliphatic rings. The number of likely N-dealkylation sites (tertiary alicyclic amines) is 1. The highest BCUT2D eigenvalue weighted by molar-refractivity contribution is 7.92. The third kappa shape index (κ3) is 3.87. The summed E-state index contributed by atoms with van der Waals surface area (Å²) in [4.78, 5) is 14.1. The molecule has 2 amide bonds. The van der Waals surface area contributed by atoms with Gasteiger partial charge in [0.2, 0.25) is 10.0 Å². The molecule has 0 radical (unpaired) electrons. The fraction of sp³-hybridized carbons (Fsp3) is 0.438. The van der Waals surface area contributed by atoms with Crippen LogP contribution in [0.15, 0.2) is 30.4 Å². The number of hydrogen-bond acceptors (Lipinski definition) is 3. The van der Waals surface area contributed by atoms with Gasteiger partial charge in [-0.3, -0.25) is 4.72 Å². The highest BCUT2D eigenvalue weighted by Crippen LogP contribution is 2.33. The van der Waals surface area contributed by atoms with Crippen LogP contribution in [0, 0.1) is 17.7 Å². The number of carbonyl (C=O) groups is 1. The van der Waals surface area contributed by atoms with Gasteiger partial charge in [-0.05, 0) is 42.9 Å². The van der Waals surface area contributed by atoms with Gasteiger partial charge in [0.1, 0.15) is 5.82 Å². The van der Waals surface area contributed by atoms with Crippen LogP contribution in [0.3, 0.4) is 0 Å². The number of urea groups is 1. The summed E-state index contributed by atoms with van der Waals surface area (Å²) in [7, 11) is -3.47. The largest absolute Gasteiger partial charge is 0.324 e. The molecule has 1 saturated heterocycles. The summed E-state index contributed by atoms with van der Waals surface area (Å²) in [6.45, 7) is 1.31. The zero-order valence-corrected chi connectivity index (χ0v) is 14.1. The van der Waals surface area contributed by atoms with Crippen molar-refractivity contribution >= 4 is 27.4 Å². The van der Waals surface area contributed by atoms with Gasteiger partial charge in [-0.15, -0.1) is 0 Å². The summed E-state index contributed by atoms with van der Waals surface area (Å²) in [6.07, 6.45) is 7.23. The number of allylic oxidation sites excluding steroid dienone is 2. The van der Waals surface area contributed by atoms with Crippen LogP contribution in [0.2, 0.25) is 0 Å². The van der Waals surface area contributed by atoms with Crippen molar-refractivity contribution in [3.05, 3.63) is 36.2 Å². The van der Waals surface area contributed by atoms with Gasteiger partial charge < -0.3 is 10.2 Å². The van der Waals surface area contributed by atoms with E-state index in [0.29, 0.717) is 24.9 Å². The van der Waals surface area contributed by atoms with E-state index in [1.165, 1.54) is 12.1 Å². The Bertz CT molecular complexity index is 763. The molecule has 2 unspecified atom stereocenters. The van der Waals surface area contributed by atoms with Crippen LogP contribution in [0.5, 0.6) is 0 Å². The zero-order chi connectivity index (χ0) is 17.3. The Hall–Kier alpha value is -2.09. The molecular formula is C16H20FN3O3S. The third-order valence-electron chi connectivity index (χ3n) is 4.42. The van der Waals surface area contributed by atoms with Crippen molar-refractivity contribution in [3.63, 3.8) is 0 Å². The first-order valence-electron chi connectivity index (χ1n) is 7.80. The number of benzene rings is 1. The van der Waals surface area contributed by atoms with Crippen molar-refractivity contribution in [1.82, 2.24) is 4.90 Å². The van der Waals surface area contributed by atoms with Gasteiger partial charge in [0, 0.05) is 13.1 Å². The number of anilines is 2. The first-order valence-corrected chi connectivity index (χ1v) is 9.69. The molecule has 0 aromatic heterocycles. The lowest BCUT2D eigenvalue weighted by Crippen LogP contribution is -2.33.